The van der Waals surface area contributed by atoms with Crippen LogP contribution in [0.1, 0.15) is 19.8 Å². The van der Waals surface area contributed by atoms with Crippen molar-refractivity contribution in [2.24, 2.45) is 0 Å². The molecule has 0 bridgehead atoms. The SMILES string of the molecule is CCCC(=O)NC(=S)Nc1ccc(OC)c(Cl)c1. The van der Waals surface area contributed by atoms with Crippen molar-refractivity contribution in [3.63, 3.8) is 0 Å². The first-order valence-electron chi connectivity index (χ1n) is 5.51. The van der Waals surface area contributed by atoms with Gasteiger partial charge in [0.25, 0.3) is 0 Å². The van der Waals surface area contributed by atoms with Crippen LogP contribution in [0.2, 0.25) is 5.02 Å². The molecule has 1 aromatic carbocycles. The van der Waals surface area contributed by atoms with Crippen LogP contribution in [0.15, 0.2) is 18.2 Å². The molecule has 2 N–H and O–H groups in total. The Bertz CT molecular complexity index is 452. The number of carbonyl (C=O) groups is 1. The molecule has 1 amide bonds. The Morgan fingerprint density at radius 3 is 2.78 bits per heavy atom. The number of hydrogen-bond donors (Lipinski definition) is 2. The van der Waals surface area contributed by atoms with Gasteiger partial charge in [0.1, 0.15) is 5.75 Å². The second-order valence-electron chi connectivity index (χ2n) is 3.60. The van der Waals surface area contributed by atoms with Gasteiger partial charge in [-0.25, -0.2) is 0 Å². The summed E-state index contributed by atoms with van der Waals surface area (Å²) in [6.45, 7) is 1.93. The number of nitrogens with one attached hydrogen (secondary N) is 2. The van der Waals surface area contributed by atoms with Crippen molar-refractivity contribution < 1.29 is 9.53 Å². The fourth-order valence-corrected chi connectivity index (χ4v) is 1.81. The second kappa shape index (κ2) is 7.18. The Labute approximate surface area is 117 Å². The Kier molecular flexibility index (Phi) is 5.88. The zero-order valence-electron chi connectivity index (χ0n) is 10.2. The van der Waals surface area contributed by atoms with E-state index in [-0.39, 0.29) is 11.0 Å². The summed E-state index contributed by atoms with van der Waals surface area (Å²) in [4.78, 5) is 11.3. The molecule has 0 aromatic heterocycles. The van der Waals surface area contributed by atoms with Gasteiger partial charge in [-0.05, 0) is 36.8 Å². The lowest BCUT2D eigenvalue weighted by atomic mass is 10.3. The van der Waals surface area contributed by atoms with Crippen LogP contribution < -0.4 is 15.4 Å². The lowest BCUT2D eigenvalue weighted by Crippen LogP contribution is -2.33. The number of methoxy groups -OCH3 is 1. The molecule has 0 fully saturated rings. The molecule has 98 valence electrons. The average Bonchev–Trinajstić information content (AvgIpc) is 2.29. The monoisotopic (exact) mass is 286 g/mol. The molecule has 0 unspecified atom stereocenters. The number of benzene rings is 1. The molecule has 0 aliphatic rings. The van der Waals surface area contributed by atoms with Crippen molar-refractivity contribution >= 4 is 40.5 Å². The van der Waals surface area contributed by atoms with Gasteiger partial charge in [0, 0.05) is 12.1 Å². The van der Waals surface area contributed by atoms with E-state index in [4.69, 9.17) is 28.6 Å². The number of hydrogen-bond acceptors (Lipinski definition) is 3. The Hall–Kier alpha value is -1.33. The lowest BCUT2D eigenvalue weighted by molar-refractivity contribution is -0.119. The molecule has 0 radical (unpaired) electrons. The first-order chi connectivity index (χ1) is 8.56. The van der Waals surface area contributed by atoms with Gasteiger partial charge in [-0.1, -0.05) is 18.5 Å². The molecular formula is C12H15ClN2O2S. The third kappa shape index (κ3) is 4.50. The zero-order valence-corrected chi connectivity index (χ0v) is 11.8. The molecule has 0 spiro atoms. The highest BCUT2D eigenvalue weighted by Crippen LogP contribution is 2.27. The van der Waals surface area contributed by atoms with Crippen molar-refractivity contribution in [1.29, 1.82) is 0 Å². The van der Waals surface area contributed by atoms with Gasteiger partial charge in [-0.3, -0.25) is 4.79 Å². The van der Waals surface area contributed by atoms with E-state index in [2.05, 4.69) is 10.6 Å². The molecule has 0 aliphatic carbocycles. The van der Waals surface area contributed by atoms with Crippen LogP contribution in [-0.2, 0) is 4.79 Å². The summed E-state index contributed by atoms with van der Waals surface area (Å²) < 4.78 is 5.04. The third-order valence-corrected chi connectivity index (χ3v) is 2.64. The average molecular weight is 287 g/mol. The number of ether oxygens (including phenoxy) is 1. The van der Waals surface area contributed by atoms with E-state index in [9.17, 15) is 4.79 Å². The summed E-state index contributed by atoms with van der Waals surface area (Å²) in [6, 6.07) is 5.17. The van der Waals surface area contributed by atoms with Crippen molar-refractivity contribution in [2.45, 2.75) is 19.8 Å². The van der Waals surface area contributed by atoms with Crippen LogP contribution >= 0.6 is 23.8 Å². The first-order valence-corrected chi connectivity index (χ1v) is 6.29. The van der Waals surface area contributed by atoms with Crippen LogP contribution in [-0.4, -0.2) is 18.1 Å². The maximum absolute atomic E-state index is 11.3. The van der Waals surface area contributed by atoms with E-state index < -0.39 is 0 Å². The number of rotatable bonds is 4. The fraction of sp³-hybridized carbons (Fsp3) is 0.333. The van der Waals surface area contributed by atoms with E-state index in [1.165, 1.54) is 0 Å². The molecule has 4 nitrogen and oxygen atoms in total. The highest BCUT2D eigenvalue weighted by atomic mass is 35.5. The van der Waals surface area contributed by atoms with Crippen molar-refractivity contribution in [1.82, 2.24) is 5.32 Å². The summed E-state index contributed by atoms with van der Waals surface area (Å²) in [5.74, 6) is 0.484. The van der Waals surface area contributed by atoms with E-state index in [1.54, 1.807) is 25.3 Å². The molecule has 0 saturated carbocycles. The number of carbonyl (C=O) groups excluding carboxylic acids is 1. The molecule has 0 aliphatic heterocycles. The van der Waals surface area contributed by atoms with Crippen LogP contribution in [0.3, 0.4) is 0 Å². The van der Waals surface area contributed by atoms with Crippen molar-refractivity contribution in [3.05, 3.63) is 23.2 Å². The van der Waals surface area contributed by atoms with E-state index in [0.29, 0.717) is 22.9 Å². The smallest absolute Gasteiger partial charge is 0.226 e. The zero-order chi connectivity index (χ0) is 13.5. The van der Waals surface area contributed by atoms with E-state index in [0.717, 1.165) is 6.42 Å². The predicted molar refractivity (Wildman–Crippen MR) is 77.3 cm³/mol. The largest absolute Gasteiger partial charge is 0.495 e. The second-order valence-corrected chi connectivity index (χ2v) is 4.42. The topological polar surface area (TPSA) is 50.4 Å². The van der Waals surface area contributed by atoms with Gasteiger partial charge in [-0.15, -0.1) is 0 Å². The summed E-state index contributed by atoms with van der Waals surface area (Å²) in [5, 5.41) is 6.20. The number of amides is 1. The molecule has 1 aromatic rings. The van der Waals surface area contributed by atoms with Gasteiger partial charge in [0.05, 0.1) is 12.1 Å². The fourth-order valence-electron chi connectivity index (χ4n) is 1.32. The standard InChI is InChI=1S/C12H15ClN2O2S/c1-3-4-11(16)15-12(18)14-8-5-6-10(17-2)9(13)7-8/h5-7H,3-4H2,1-2H3,(H2,14,15,16,18). The molecule has 0 saturated heterocycles. The minimum absolute atomic E-state index is 0.102. The number of thiocarbonyl (C=S) groups is 1. The molecule has 0 atom stereocenters. The molecule has 1 rings (SSSR count). The van der Waals surface area contributed by atoms with Crippen LogP contribution in [0.5, 0.6) is 5.75 Å². The highest BCUT2D eigenvalue weighted by Gasteiger charge is 2.05. The number of anilines is 1. The van der Waals surface area contributed by atoms with Crippen molar-refractivity contribution in [2.75, 3.05) is 12.4 Å². The van der Waals surface area contributed by atoms with E-state index in [1.807, 2.05) is 6.92 Å². The molecule has 6 heteroatoms. The van der Waals surface area contributed by atoms with E-state index >= 15 is 0 Å². The highest BCUT2D eigenvalue weighted by molar-refractivity contribution is 7.80. The summed E-state index contributed by atoms with van der Waals surface area (Å²) >= 11 is 11.0. The van der Waals surface area contributed by atoms with Crippen LogP contribution in [0.4, 0.5) is 5.69 Å². The molecule has 18 heavy (non-hydrogen) atoms. The lowest BCUT2D eigenvalue weighted by Gasteiger charge is -2.10. The predicted octanol–water partition coefficient (Wildman–Crippen LogP) is 2.96. The first kappa shape index (κ1) is 14.7. The summed E-state index contributed by atoms with van der Waals surface area (Å²) in [6.07, 6.45) is 1.23. The Balaban J connectivity index is 2.59. The number of halogens is 1. The summed E-state index contributed by atoms with van der Waals surface area (Å²) in [5.41, 5.74) is 0.697. The van der Waals surface area contributed by atoms with Gasteiger partial charge in [0.15, 0.2) is 5.11 Å². The quantitative estimate of drug-likeness (QED) is 0.836. The maximum Gasteiger partial charge on any atom is 0.226 e. The van der Waals surface area contributed by atoms with Crippen LogP contribution in [0, 0.1) is 0 Å². The maximum atomic E-state index is 11.3. The normalized spacial score (nSPS) is 9.72. The van der Waals surface area contributed by atoms with Gasteiger partial charge in [-0.2, -0.15) is 0 Å². The minimum atomic E-state index is -0.102. The van der Waals surface area contributed by atoms with Gasteiger partial charge >= 0.3 is 0 Å². The molecular weight excluding hydrogens is 272 g/mol. The summed E-state index contributed by atoms with van der Waals surface area (Å²) in [7, 11) is 1.55. The van der Waals surface area contributed by atoms with Gasteiger partial charge in [0.2, 0.25) is 5.91 Å². The van der Waals surface area contributed by atoms with Crippen molar-refractivity contribution in [3.8, 4) is 5.75 Å². The molecule has 0 heterocycles. The minimum Gasteiger partial charge on any atom is -0.495 e. The van der Waals surface area contributed by atoms with Gasteiger partial charge < -0.3 is 15.4 Å². The Morgan fingerprint density at radius 1 is 1.50 bits per heavy atom. The third-order valence-electron chi connectivity index (χ3n) is 2.14. The van der Waals surface area contributed by atoms with Crippen LogP contribution in [0.25, 0.3) is 0 Å². The Morgan fingerprint density at radius 2 is 2.22 bits per heavy atom.